The summed E-state index contributed by atoms with van der Waals surface area (Å²) in [5.74, 6) is -6.20. The number of carbonyl (C=O) groups is 2. The zero-order chi connectivity index (χ0) is 11.5. The number of carboxylic acid groups (broad SMARTS) is 2. The molecule has 0 aromatic carbocycles. The molecule has 0 aliphatic carbocycles. The molecule has 0 rings (SSSR count). The molecule has 2 atom stereocenters. The number of carboxylic acids is 2. The molecule has 0 fully saturated rings. The first-order valence-electron chi connectivity index (χ1n) is 3.43. The highest BCUT2D eigenvalue weighted by atomic mass is 19.4. The van der Waals surface area contributed by atoms with E-state index < -0.39 is 36.5 Å². The van der Waals surface area contributed by atoms with Crippen molar-refractivity contribution in [2.75, 3.05) is 0 Å². The van der Waals surface area contributed by atoms with Crippen LogP contribution in [0.15, 0.2) is 0 Å². The number of rotatable bonds is 4. The maximum atomic E-state index is 12.1. The molecule has 82 valence electrons. The minimum atomic E-state index is -4.93. The molecule has 0 bridgehead atoms. The van der Waals surface area contributed by atoms with Gasteiger partial charge in [-0.1, -0.05) is 0 Å². The highest BCUT2D eigenvalue weighted by molar-refractivity contribution is 5.75. The van der Waals surface area contributed by atoms with Gasteiger partial charge in [-0.25, -0.2) is 0 Å². The standard InChI is InChI=1S/C6H8F3NO4/c7-6(8,9)2(1-3(11)12)4(10)5(13)14/h2,4H,1,10H2,(H,11,12)(H,13,14). The molecule has 0 amide bonds. The molecule has 2 unspecified atom stereocenters. The van der Waals surface area contributed by atoms with Gasteiger partial charge in [0.1, 0.15) is 6.04 Å². The second-order valence-corrected chi connectivity index (χ2v) is 2.61. The Morgan fingerprint density at radius 2 is 1.71 bits per heavy atom. The van der Waals surface area contributed by atoms with Crippen molar-refractivity contribution in [3.8, 4) is 0 Å². The maximum Gasteiger partial charge on any atom is 0.394 e. The average Bonchev–Trinajstić information content (AvgIpc) is 1.96. The quantitative estimate of drug-likeness (QED) is 0.615. The summed E-state index contributed by atoms with van der Waals surface area (Å²) in [6.07, 6.45) is -6.28. The van der Waals surface area contributed by atoms with Crippen molar-refractivity contribution < 1.29 is 33.0 Å². The highest BCUT2D eigenvalue weighted by Crippen LogP contribution is 2.30. The van der Waals surface area contributed by atoms with Gasteiger partial charge in [0.05, 0.1) is 12.3 Å². The first kappa shape index (κ1) is 12.7. The molecule has 0 radical (unpaired) electrons. The zero-order valence-corrected chi connectivity index (χ0v) is 6.78. The van der Waals surface area contributed by atoms with Crippen LogP contribution >= 0.6 is 0 Å². The van der Waals surface area contributed by atoms with Crippen LogP contribution in [-0.2, 0) is 9.59 Å². The summed E-state index contributed by atoms with van der Waals surface area (Å²) in [4.78, 5) is 20.2. The van der Waals surface area contributed by atoms with E-state index in [1.54, 1.807) is 0 Å². The number of alkyl halides is 3. The van der Waals surface area contributed by atoms with E-state index in [4.69, 9.17) is 15.9 Å². The Morgan fingerprint density at radius 3 is 1.93 bits per heavy atom. The van der Waals surface area contributed by atoms with E-state index >= 15 is 0 Å². The fourth-order valence-electron chi connectivity index (χ4n) is 0.807. The van der Waals surface area contributed by atoms with Gasteiger partial charge in [-0.15, -0.1) is 0 Å². The van der Waals surface area contributed by atoms with Gasteiger partial charge in [0.2, 0.25) is 0 Å². The highest BCUT2D eigenvalue weighted by Gasteiger charge is 2.47. The Hall–Kier alpha value is -1.31. The monoisotopic (exact) mass is 215 g/mol. The molecule has 0 aromatic rings. The number of hydrogen-bond donors (Lipinski definition) is 3. The van der Waals surface area contributed by atoms with Gasteiger partial charge in [0.15, 0.2) is 0 Å². The molecule has 5 nitrogen and oxygen atoms in total. The Morgan fingerprint density at radius 1 is 1.29 bits per heavy atom. The predicted octanol–water partition coefficient (Wildman–Crippen LogP) is 0.0515. The van der Waals surface area contributed by atoms with Crippen LogP contribution in [0, 0.1) is 5.92 Å². The van der Waals surface area contributed by atoms with Crippen molar-refractivity contribution in [3.63, 3.8) is 0 Å². The van der Waals surface area contributed by atoms with Crippen LogP contribution in [0.4, 0.5) is 13.2 Å². The number of halogens is 3. The molecule has 0 saturated heterocycles. The van der Waals surface area contributed by atoms with Gasteiger partial charge in [-0.05, 0) is 0 Å². The van der Waals surface area contributed by atoms with Crippen LogP contribution in [0.5, 0.6) is 0 Å². The SMILES string of the molecule is NC(C(=O)O)C(CC(=O)O)C(F)(F)F. The van der Waals surface area contributed by atoms with Crippen molar-refractivity contribution in [1.29, 1.82) is 0 Å². The second-order valence-electron chi connectivity index (χ2n) is 2.61. The van der Waals surface area contributed by atoms with E-state index in [0.717, 1.165) is 0 Å². The van der Waals surface area contributed by atoms with E-state index in [9.17, 15) is 22.8 Å². The molecular weight excluding hydrogens is 207 g/mol. The summed E-state index contributed by atoms with van der Waals surface area (Å²) in [7, 11) is 0. The number of hydrogen-bond acceptors (Lipinski definition) is 3. The Labute approximate surface area is 76.3 Å². The van der Waals surface area contributed by atoms with Crippen LogP contribution in [0.3, 0.4) is 0 Å². The lowest BCUT2D eigenvalue weighted by atomic mass is 9.96. The smallest absolute Gasteiger partial charge is 0.394 e. The third-order valence-electron chi connectivity index (χ3n) is 1.53. The molecule has 0 aliphatic rings. The van der Waals surface area contributed by atoms with Crippen LogP contribution in [0.2, 0.25) is 0 Å². The molecule has 0 spiro atoms. The van der Waals surface area contributed by atoms with Crippen LogP contribution < -0.4 is 5.73 Å². The van der Waals surface area contributed by atoms with Crippen LogP contribution in [0.1, 0.15) is 6.42 Å². The van der Waals surface area contributed by atoms with Crippen molar-refractivity contribution in [2.45, 2.75) is 18.6 Å². The predicted molar refractivity (Wildman–Crippen MR) is 37.4 cm³/mol. The fourth-order valence-corrected chi connectivity index (χ4v) is 0.807. The molecule has 0 saturated carbocycles. The molecule has 0 aliphatic heterocycles. The van der Waals surface area contributed by atoms with Crippen LogP contribution in [0.25, 0.3) is 0 Å². The van der Waals surface area contributed by atoms with E-state index in [-0.39, 0.29) is 0 Å². The Bertz CT molecular complexity index is 240. The summed E-state index contributed by atoms with van der Waals surface area (Å²) < 4.78 is 36.3. The first-order valence-corrected chi connectivity index (χ1v) is 3.43. The lowest BCUT2D eigenvalue weighted by Crippen LogP contribution is -2.46. The topological polar surface area (TPSA) is 101 Å². The average molecular weight is 215 g/mol. The van der Waals surface area contributed by atoms with Gasteiger partial charge in [0.25, 0.3) is 0 Å². The van der Waals surface area contributed by atoms with Gasteiger partial charge < -0.3 is 15.9 Å². The van der Waals surface area contributed by atoms with Crippen molar-refractivity contribution >= 4 is 11.9 Å². The Balaban J connectivity index is 4.73. The second kappa shape index (κ2) is 4.27. The summed E-state index contributed by atoms with van der Waals surface area (Å²) in [5, 5.41) is 16.3. The van der Waals surface area contributed by atoms with Gasteiger partial charge >= 0.3 is 18.1 Å². The maximum absolute atomic E-state index is 12.1. The van der Waals surface area contributed by atoms with Gasteiger partial charge in [-0.3, -0.25) is 9.59 Å². The van der Waals surface area contributed by atoms with Gasteiger partial charge in [0, 0.05) is 0 Å². The molecule has 8 heteroatoms. The summed E-state index contributed by atoms with van der Waals surface area (Å²) in [5.41, 5.74) is 4.71. The van der Waals surface area contributed by atoms with E-state index in [0.29, 0.717) is 0 Å². The summed E-state index contributed by atoms with van der Waals surface area (Å²) in [6, 6.07) is -2.26. The van der Waals surface area contributed by atoms with Crippen LogP contribution in [-0.4, -0.2) is 34.4 Å². The largest absolute Gasteiger partial charge is 0.481 e. The molecule has 0 heterocycles. The zero-order valence-electron chi connectivity index (χ0n) is 6.78. The third-order valence-corrected chi connectivity index (χ3v) is 1.53. The lowest BCUT2D eigenvalue weighted by Gasteiger charge is -2.21. The van der Waals surface area contributed by atoms with E-state index in [1.807, 2.05) is 0 Å². The van der Waals surface area contributed by atoms with Crippen molar-refractivity contribution in [2.24, 2.45) is 11.7 Å². The normalized spacial score (nSPS) is 16.0. The van der Waals surface area contributed by atoms with E-state index in [2.05, 4.69) is 0 Å². The number of nitrogens with two attached hydrogens (primary N) is 1. The minimum Gasteiger partial charge on any atom is -0.481 e. The number of aliphatic carboxylic acids is 2. The lowest BCUT2D eigenvalue weighted by molar-refractivity contribution is -0.192. The molecule has 4 N–H and O–H groups in total. The summed E-state index contributed by atoms with van der Waals surface area (Å²) in [6.45, 7) is 0. The first-order chi connectivity index (χ1) is 6.16. The fraction of sp³-hybridized carbons (Fsp3) is 0.667. The Kier molecular flexibility index (Phi) is 3.87. The molecular formula is C6H8F3NO4. The molecule has 0 aromatic heterocycles. The van der Waals surface area contributed by atoms with Crippen molar-refractivity contribution in [3.05, 3.63) is 0 Å². The van der Waals surface area contributed by atoms with Gasteiger partial charge in [-0.2, -0.15) is 13.2 Å². The van der Waals surface area contributed by atoms with Crippen molar-refractivity contribution in [1.82, 2.24) is 0 Å². The summed E-state index contributed by atoms with van der Waals surface area (Å²) >= 11 is 0. The third kappa shape index (κ3) is 3.60. The van der Waals surface area contributed by atoms with E-state index in [1.165, 1.54) is 0 Å². The molecule has 14 heavy (non-hydrogen) atoms. The minimum absolute atomic E-state index is 1.35.